The number of allylic oxidation sites excluding steroid dienone is 2. The Morgan fingerprint density at radius 3 is 2.14 bits per heavy atom. The fourth-order valence-corrected chi connectivity index (χ4v) is 0.233. The smallest absolute Gasteiger partial charge is 0.00556 e. The van der Waals surface area contributed by atoms with E-state index in [9.17, 15) is 0 Å². The zero-order valence-corrected chi connectivity index (χ0v) is 4.89. The lowest BCUT2D eigenvalue weighted by atomic mass is 10.6. The number of rotatable bonds is 2. The first-order chi connectivity index (χ1) is 3.27. The molecule has 0 aromatic heterocycles. The first-order valence-electron chi connectivity index (χ1n) is 2.23. The molecule has 40 valence electrons. The van der Waals surface area contributed by atoms with Crippen molar-refractivity contribution >= 4 is 0 Å². The summed E-state index contributed by atoms with van der Waals surface area (Å²) < 4.78 is 0. The molecule has 0 aliphatic heterocycles. The molecule has 0 amide bonds. The van der Waals surface area contributed by atoms with Crippen molar-refractivity contribution in [3.05, 3.63) is 24.9 Å². The van der Waals surface area contributed by atoms with Gasteiger partial charge in [0.25, 0.3) is 0 Å². The average molecular weight is 97.2 g/mol. The highest BCUT2D eigenvalue weighted by molar-refractivity contribution is 4.95. The van der Waals surface area contributed by atoms with Gasteiger partial charge >= 0.3 is 0 Å². The van der Waals surface area contributed by atoms with Crippen LogP contribution in [0.4, 0.5) is 0 Å². The van der Waals surface area contributed by atoms with Gasteiger partial charge in [0, 0.05) is 14.1 Å². The third-order valence-electron chi connectivity index (χ3n) is 0.520. The molecule has 0 aliphatic rings. The predicted molar refractivity (Wildman–Crippen MR) is 33.0 cm³/mol. The van der Waals surface area contributed by atoms with Gasteiger partial charge in [-0.25, -0.2) is 0 Å². The fourth-order valence-electron chi connectivity index (χ4n) is 0.233. The van der Waals surface area contributed by atoms with Crippen molar-refractivity contribution in [1.29, 1.82) is 0 Å². The molecule has 0 unspecified atom stereocenters. The maximum absolute atomic E-state index is 3.52. The maximum atomic E-state index is 3.52. The summed E-state index contributed by atoms with van der Waals surface area (Å²) in [6.07, 6.45) is 5.58. The van der Waals surface area contributed by atoms with Crippen LogP contribution < -0.4 is 0 Å². The molecule has 0 aromatic carbocycles. The van der Waals surface area contributed by atoms with Gasteiger partial charge in [-0.15, -0.1) is 0 Å². The minimum absolute atomic E-state index is 1.75. The molecule has 0 saturated carbocycles. The van der Waals surface area contributed by atoms with Crippen LogP contribution >= 0.6 is 0 Å². The molecular formula is C6H11N. The SMILES string of the molecule is C=C/C=C\N(C)C. The molecule has 0 bridgehead atoms. The normalized spacial score (nSPS) is 9.43. The average Bonchev–Trinajstić information content (AvgIpc) is 1.61. The highest BCUT2D eigenvalue weighted by atomic mass is 15.0. The van der Waals surface area contributed by atoms with E-state index in [1.54, 1.807) is 6.08 Å². The summed E-state index contributed by atoms with van der Waals surface area (Å²) in [6, 6.07) is 0. The molecule has 0 spiro atoms. The highest BCUT2D eigenvalue weighted by Gasteiger charge is 1.67. The summed E-state index contributed by atoms with van der Waals surface area (Å²) in [6.45, 7) is 3.52. The monoisotopic (exact) mass is 97.1 g/mol. The molecule has 0 aliphatic carbocycles. The van der Waals surface area contributed by atoms with Gasteiger partial charge in [-0.05, 0) is 12.3 Å². The van der Waals surface area contributed by atoms with Crippen molar-refractivity contribution in [2.24, 2.45) is 0 Å². The largest absolute Gasteiger partial charge is 0.383 e. The van der Waals surface area contributed by atoms with Crippen LogP contribution in [-0.2, 0) is 0 Å². The van der Waals surface area contributed by atoms with Gasteiger partial charge < -0.3 is 4.90 Å². The topological polar surface area (TPSA) is 3.24 Å². The van der Waals surface area contributed by atoms with Gasteiger partial charge in [-0.3, -0.25) is 0 Å². The second kappa shape index (κ2) is 3.47. The quantitative estimate of drug-likeness (QED) is 0.469. The molecule has 1 heteroatoms. The van der Waals surface area contributed by atoms with Crippen molar-refractivity contribution in [1.82, 2.24) is 4.90 Å². The van der Waals surface area contributed by atoms with E-state index in [-0.39, 0.29) is 0 Å². The Labute approximate surface area is 44.9 Å². The predicted octanol–water partition coefficient (Wildman–Crippen LogP) is 1.25. The number of hydrogen-bond acceptors (Lipinski definition) is 1. The van der Waals surface area contributed by atoms with E-state index in [1.807, 2.05) is 31.3 Å². The second-order valence-electron chi connectivity index (χ2n) is 1.54. The van der Waals surface area contributed by atoms with Gasteiger partial charge in [0.15, 0.2) is 0 Å². The second-order valence-corrected chi connectivity index (χ2v) is 1.54. The minimum atomic E-state index is 1.75. The molecule has 0 rings (SSSR count). The lowest BCUT2D eigenvalue weighted by Crippen LogP contribution is -1.99. The lowest BCUT2D eigenvalue weighted by Gasteiger charge is -2.00. The lowest BCUT2D eigenvalue weighted by molar-refractivity contribution is 0.564. The van der Waals surface area contributed by atoms with Gasteiger partial charge in [0.1, 0.15) is 0 Å². The molecule has 0 saturated heterocycles. The van der Waals surface area contributed by atoms with Gasteiger partial charge in [0.05, 0.1) is 0 Å². The van der Waals surface area contributed by atoms with E-state index in [0.717, 1.165) is 0 Å². The van der Waals surface area contributed by atoms with Gasteiger partial charge in [-0.1, -0.05) is 12.7 Å². The third kappa shape index (κ3) is 5.28. The fraction of sp³-hybridized carbons (Fsp3) is 0.333. The van der Waals surface area contributed by atoms with Crippen molar-refractivity contribution in [2.45, 2.75) is 0 Å². The summed E-state index contributed by atoms with van der Waals surface area (Å²) in [5, 5.41) is 0. The van der Waals surface area contributed by atoms with Crippen molar-refractivity contribution in [3.63, 3.8) is 0 Å². The third-order valence-corrected chi connectivity index (χ3v) is 0.520. The molecule has 0 radical (unpaired) electrons. The highest BCUT2D eigenvalue weighted by Crippen LogP contribution is 1.75. The summed E-state index contributed by atoms with van der Waals surface area (Å²) in [5.41, 5.74) is 0. The Morgan fingerprint density at radius 2 is 2.00 bits per heavy atom. The number of nitrogens with zero attached hydrogens (tertiary/aromatic N) is 1. The zero-order chi connectivity index (χ0) is 5.70. The van der Waals surface area contributed by atoms with E-state index in [0.29, 0.717) is 0 Å². The Hall–Kier alpha value is -0.720. The summed E-state index contributed by atoms with van der Waals surface area (Å²) in [7, 11) is 3.94. The Balaban J connectivity index is 3.25. The molecule has 0 N–H and O–H groups in total. The first kappa shape index (κ1) is 6.28. The van der Waals surface area contributed by atoms with Gasteiger partial charge in [-0.2, -0.15) is 0 Å². The molecule has 0 fully saturated rings. The van der Waals surface area contributed by atoms with Crippen LogP contribution in [0.3, 0.4) is 0 Å². The van der Waals surface area contributed by atoms with Crippen molar-refractivity contribution in [2.75, 3.05) is 14.1 Å². The molecule has 0 atom stereocenters. The van der Waals surface area contributed by atoms with Gasteiger partial charge in [0.2, 0.25) is 0 Å². The van der Waals surface area contributed by atoms with Crippen LogP contribution in [0, 0.1) is 0 Å². The Kier molecular flexibility index (Phi) is 3.11. The van der Waals surface area contributed by atoms with Crippen molar-refractivity contribution < 1.29 is 0 Å². The molecule has 0 aromatic rings. The molecular weight excluding hydrogens is 86.1 g/mol. The van der Waals surface area contributed by atoms with E-state index in [4.69, 9.17) is 0 Å². The van der Waals surface area contributed by atoms with Crippen LogP contribution in [-0.4, -0.2) is 19.0 Å². The van der Waals surface area contributed by atoms with Crippen LogP contribution in [0.2, 0.25) is 0 Å². The van der Waals surface area contributed by atoms with Crippen LogP contribution in [0.1, 0.15) is 0 Å². The summed E-state index contributed by atoms with van der Waals surface area (Å²) in [5.74, 6) is 0. The van der Waals surface area contributed by atoms with Crippen LogP contribution in [0.5, 0.6) is 0 Å². The van der Waals surface area contributed by atoms with E-state index < -0.39 is 0 Å². The standard InChI is InChI=1S/C6H11N/c1-4-5-6-7(2)3/h4-6H,1H2,2-3H3/b6-5-. The first-order valence-corrected chi connectivity index (χ1v) is 2.23. The van der Waals surface area contributed by atoms with Crippen molar-refractivity contribution in [3.8, 4) is 0 Å². The molecule has 1 nitrogen and oxygen atoms in total. The maximum Gasteiger partial charge on any atom is 0.00556 e. The van der Waals surface area contributed by atoms with E-state index in [2.05, 4.69) is 6.58 Å². The van der Waals surface area contributed by atoms with Crippen LogP contribution in [0.25, 0.3) is 0 Å². The Morgan fingerprint density at radius 1 is 1.43 bits per heavy atom. The summed E-state index contributed by atoms with van der Waals surface area (Å²) >= 11 is 0. The number of hydrogen-bond donors (Lipinski definition) is 0. The zero-order valence-electron chi connectivity index (χ0n) is 4.89. The van der Waals surface area contributed by atoms with Crippen LogP contribution in [0.15, 0.2) is 24.9 Å². The van der Waals surface area contributed by atoms with E-state index in [1.165, 1.54) is 0 Å². The molecule has 0 heterocycles. The minimum Gasteiger partial charge on any atom is -0.383 e. The molecule has 7 heavy (non-hydrogen) atoms. The Bertz CT molecular complexity index is 72.2. The van der Waals surface area contributed by atoms with E-state index >= 15 is 0 Å². The summed E-state index contributed by atoms with van der Waals surface area (Å²) in [4.78, 5) is 1.96.